The van der Waals surface area contributed by atoms with Gasteiger partial charge in [0.1, 0.15) is 0 Å². The minimum atomic E-state index is -0.328. The first kappa shape index (κ1) is 16.0. The van der Waals surface area contributed by atoms with Crippen LogP contribution in [0.3, 0.4) is 0 Å². The molecule has 2 heterocycles. The topological polar surface area (TPSA) is 65.0 Å². The fourth-order valence-electron chi connectivity index (χ4n) is 3.62. The van der Waals surface area contributed by atoms with E-state index in [-0.39, 0.29) is 17.6 Å². The van der Waals surface area contributed by atoms with E-state index in [1.54, 1.807) is 12.0 Å². The molecule has 3 rings (SSSR count). The fourth-order valence-corrected chi connectivity index (χ4v) is 3.62. The zero-order valence-corrected chi connectivity index (χ0v) is 13.8. The van der Waals surface area contributed by atoms with Crippen molar-refractivity contribution >= 4 is 6.03 Å². The average Bonchev–Trinajstić information content (AvgIpc) is 3.18. The number of aliphatic hydroxyl groups excluding tert-OH is 1. The third kappa shape index (κ3) is 3.39. The minimum absolute atomic E-state index is 0.0834. The summed E-state index contributed by atoms with van der Waals surface area (Å²) in [5.41, 5.74) is 0.155. The Morgan fingerprint density at radius 1 is 1.32 bits per heavy atom. The molecule has 0 aromatic heterocycles. The van der Waals surface area contributed by atoms with E-state index >= 15 is 0 Å². The molecule has 22 heavy (non-hydrogen) atoms. The lowest BCUT2D eigenvalue weighted by molar-refractivity contribution is -0.00305. The molecule has 0 bridgehead atoms. The highest BCUT2D eigenvalue weighted by Gasteiger charge is 2.41. The second-order valence-corrected chi connectivity index (χ2v) is 7.46. The zero-order chi connectivity index (χ0) is 15.7. The molecule has 0 aromatic rings. The number of aliphatic hydroxyl groups is 1. The van der Waals surface area contributed by atoms with E-state index in [0.29, 0.717) is 19.1 Å². The van der Waals surface area contributed by atoms with Crippen LogP contribution in [0, 0.1) is 11.3 Å². The van der Waals surface area contributed by atoms with E-state index in [9.17, 15) is 9.90 Å². The monoisotopic (exact) mass is 311 g/mol. The average molecular weight is 311 g/mol. The van der Waals surface area contributed by atoms with E-state index in [4.69, 9.17) is 4.74 Å². The number of rotatable bonds is 5. The Kier molecular flexibility index (Phi) is 4.61. The summed E-state index contributed by atoms with van der Waals surface area (Å²) in [4.78, 5) is 16.0. The SMILES string of the molecule is COCC1(CN[C@@H]2C[C@H]2C)CCN(C(=O)N2CC(O)C2)CC1. The molecule has 126 valence electrons. The molecule has 2 saturated heterocycles. The van der Waals surface area contributed by atoms with Crippen molar-refractivity contribution in [3.05, 3.63) is 0 Å². The first-order valence-electron chi connectivity index (χ1n) is 8.47. The largest absolute Gasteiger partial charge is 0.389 e. The van der Waals surface area contributed by atoms with Crippen molar-refractivity contribution in [3.63, 3.8) is 0 Å². The Balaban J connectivity index is 1.49. The number of likely N-dealkylation sites (tertiary alicyclic amines) is 2. The number of nitrogens with one attached hydrogen (secondary N) is 1. The van der Waals surface area contributed by atoms with Gasteiger partial charge in [-0.2, -0.15) is 0 Å². The van der Waals surface area contributed by atoms with Gasteiger partial charge in [-0.15, -0.1) is 0 Å². The molecule has 3 aliphatic rings. The summed E-state index contributed by atoms with van der Waals surface area (Å²) in [5, 5.41) is 13.0. The van der Waals surface area contributed by atoms with Crippen molar-refractivity contribution in [3.8, 4) is 0 Å². The number of carbonyl (C=O) groups excluding carboxylic acids is 1. The third-order valence-electron chi connectivity index (χ3n) is 5.53. The van der Waals surface area contributed by atoms with Crippen molar-refractivity contribution in [1.29, 1.82) is 0 Å². The van der Waals surface area contributed by atoms with E-state index in [1.807, 2.05) is 4.90 Å². The number of carbonyl (C=O) groups is 1. The molecule has 1 aliphatic carbocycles. The molecule has 3 fully saturated rings. The first-order chi connectivity index (χ1) is 10.5. The number of nitrogens with zero attached hydrogens (tertiary/aromatic N) is 2. The molecule has 1 saturated carbocycles. The van der Waals surface area contributed by atoms with Crippen LogP contribution in [0.15, 0.2) is 0 Å². The lowest BCUT2D eigenvalue weighted by Crippen LogP contribution is -2.59. The van der Waals surface area contributed by atoms with Gasteiger partial charge >= 0.3 is 6.03 Å². The van der Waals surface area contributed by atoms with Crippen LogP contribution in [0.2, 0.25) is 0 Å². The quantitative estimate of drug-likeness (QED) is 0.776. The lowest BCUT2D eigenvalue weighted by atomic mass is 9.79. The second-order valence-electron chi connectivity index (χ2n) is 7.46. The summed E-state index contributed by atoms with van der Waals surface area (Å²) in [6.45, 7) is 6.57. The highest BCUT2D eigenvalue weighted by atomic mass is 16.5. The molecular formula is C16H29N3O3. The van der Waals surface area contributed by atoms with Crippen LogP contribution in [-0.2, 0) is 4.74 Å². The Morgan fingerprint density at radius 2 is 1.95 bits per heavy atom. The Hall–Kier alpha value is -0.850. The highest BCUT2D eigenvalue weighted by molar-refractivity contribution is 5.75. The van der Waals surface area contributed by atoms with Crippen LogP contribution in [0.25, 0.3) is 0 Å². The molecule has 0 aromatic carbocycles. The summed E-state index contributed by atoms with van der Waals surface area (Å²) in [7, 11) is 1.76. The Bertz CT molecular complexity index is 403. The fraction of sp³-hybridized carbons (Fsp3) is 0.938. The molecule has 2 N–H and O–H groups in total. The van der Waals surface area contributed by atoms with Crippen LogP contribution in [0.4, 0.5) is 4.79 Å². The molecule has 2 amide bonds. The number of urea groups is 1. The predicted octanol–water partition coefficient (Wildman–Crippen LogP) is 0.510. The van der Waals surface area contributed by atoms with Crippen molar-refractivity contribution in [2.45, 2.75) is 38.3 Å². The smallest absolute Gasteiger partial charge is 0.320 e. The third-order valence-corrected chi connectivity index (χ3v) is 5.53. The summed E-state index contributed by atoms with van der Waals surface area (Å²) in [5.74, 6) is 0.805. The second kappa shape index (κ2) is 6.34. The predicted molar refractivity (Wildman–Crippen MR) is 83.7 cm³/mol. The Labute approximate surface area is 132 Å². The maximum Gasteiger partial charge on any atom is 0.320 e. The van der Waals surface area contributed by atoms with Gasteiger partial charge in [0.25, 0.3) is 0 Å². The number of ether oxygens (including phenoxy) is 1. The Morgan fingerprint density at radius 3 is 2.45 bits per heavy atom. The van der Waals surface area contributed by atoms with E-state index in [2.05, 4.69) is 12.2 Å². The standard InChI is InChI=1S/C16H29N3O3/c1-12-7-14(12)17-10-16(11-22-2)3-5-18(6-4-16)15(21)19-8-13(20)9-19/h12-14,17,20H,3-11H2,1-2H3/t12-,14-/m1/s1. The van der Waals surface area contributed by atoms with Gasteiger partial charge in [0.2, 0.25) is 0 Å². The van der Waals surface area contributed by atoms with Gasteiger partial charge in [-0.1, -0.05) is 6.92 Å². The molecule has 0 radical (unpaired) electrons. The highest BCUT2D eigenvalue weighted by Crippen LogP contribution is 2.35. The maximum absolute atomic E-state index is 12.3. The number of hydrogen-bond donors (Lipinski definition) is 2. The number of methoxy groups -OCH3 is 1. The molecule has 2 atom stereocenters. The van der Waals surface area contributed by atoms with Gasteiger partial charge in [0.05, 0.1) is 25.8 Å². The van der Waals surface area contributed by atoms with Crippen molar-refractivity contribution in [2.24, 2.45) is 11.3 Å². The van der Waals surface area contributed by atoms with Crippen LogP contribution in [0.5, 0.6) is 0 Å². The summed E-state index contributed by atoms with van der Waals surface area (Å²) in [6, 6.07) is 0.760. The van der Waals surface area contributed by atoms with Crippen LogP contribution in [0.1, 0.15) is 26.2 Å². The summed E-state index contributed by atoms with van der Waals surface area (Å²) < 4.78 is 5.47. The normalized spacial score (nSPS) is 31.0. The van der Waals surface area contributed by atoms with Crippen LogP contribution in [-0.4, -0.2) is 79.5 Å². The van der Waals surface area contributed by atoms with Crippen LogP contribution >= 0.6 is 0 Å². The summed E-state index contributed by atoms with van der Waals surface area (Å²) in [6.07, 6.45) is 2.92. The molecule has 6 nitrogen and oxygen atoms in total. The van der Waals surface area contributed by atoms with Crippen LogP contribution < -0.4 is 5.32 Å². The van der Waals surface area contributed by atoms with Crippen molar-refractivity contribution in [2.75, 3.05) is 46.4 Å². The van der Waals surface area contributed by atoms with Gasteiger partial charge in [0.15, 0.2) is 0 Å². The molecule has 0 spiro atoms. The van der Waals surface area contributed by atoms with Gasteiger partial charge in [-0.25, -0.2) is 4.79 Å². The molecular weight excluding hydrogens is 282 g/mol. The molecule has 6 heteroatoms. The number of β-amino-alcohol motifs (C(OH)–C–C–N with tert-alkyl or cyclic N) is 1. The summed E-state index contributed by atoms with van der Waals surface area (Å²) >= 11 is 0. The van der Waals surface area contributed by atoms with E-state index in [0.717, 1.165) is 45.0 Å². The van der Waals surface area contributed by atoms with Gasteiger partial charge in [-0.05, 0) is 25.2 Å². The van der Waals surface area contributed by atoms with Gasteiger partial charge in [-0.3, -0.25) is 0 Å². The van der Waals surface area contributed by atoms with Crippen molar-refractivity contribution in [1.82, 2.24) is 15.1 Å². The maximum atomic E-state index is 12.3. The zero-order valence-electron chi connectivity index (χ0n) is 13.8. The number of piperidine rings is 1. The molecule has 2 aliphatic heterocycles. The van der Waals surface area contributed by atoms with Gasteiger partial charge < -0.3 is 25.0 Å². The number of hydrogen-bond acceptors (Lipinski definition) is 4. The van der Waals surface area contributed by atoms with E-state index < -0.39 is 0 Å². The minimum Gasteiger partial charge on any atom is -0.389 e. The lowest BCUT2D eigenvalue weighted by Gasteiger charge is -2.45. The van der Waals surface area contributed by atoms with Crippen molar-refractivity contribution < 1.29 is 14.6 Å². The van der Waals surface area contributed by atoms with Gasteiger partial charge in [0, 0.05) is 38.2 Å². The first-order valence-corrected chi connectivity index (χ1v) is 8.47. The number of amides is 2. The van der Waals surface area contributed by atoms with E-state index in [1.165, 1.54) is 6.42 Å². The molecule has 0 unspecified atom stereocenters.